The van der Waals surface area contributed by atoms with E-state index in [9.17, 15) is 9.59 Å². The van der Waals surface area contributed by atoms with Crippen molar-refractivity contribution in [3.05, 3.63) is 40.8 Å². The fraction of sp³-hybridized carbons (Fsp3) is 0.556. The molecule has 1 heterocycles. The third-order valence-corrected chi connectivity index (χ3v) is 5.24. The second-order valence-electron chi connectivity index (χ2n) is 8.11. The zero-order valence-corrected chi connectivity index (χ0v) is 20.3. The third-order valence-electron chi connectivity index (χ3n) is 5.24. The number of esters is 1. The number of allylic oxidation sites excluding steroid dienone is 1. The van der Waals surface area contributed by atoms with Gasteiger partial charge in [-0.3, -0.25) is 4.79 Å². The molecule has 0 bridgehead atoms. The average molecular weight is 459 g/mol. The summed E-state index contributed by atoms with van der Waals surface area (Å²) in [6.07, 6.45) is 15.2. The molecule has 0 saturated heterocycles. The van der Waals surface area contributed by atoms with Crippen LogP contribution in [0.2, 0.25) is 0 Å². The summed E-state index contributed by atoms with van der Waals surface area (Å²) in [7, 11) is 0. The third kappa shape index (κ3) is 8.95. The van der Waals surface area contributed by atoms with E-state index in [0.717, 1.165) is 19.3 Å². The molecule has 182 valence electrons. The number of para-hydroxylation sites is 1. The molecule has 0 radical (unpaired) electrons. The lowest BCUT2D eigenvalue weighted by molar-refractivity contribution is -0.131. The van der Waals surface area contributed by atoms with Gasteiger partial charge >= 0.3 is 11.6 Å². The number of fused-ring (bicyclic) bond motifs is 1. The van der Waals surface area contributed by atoms with Crippen LogP contribution in [0.5, 0.6) is 17.2 Å². The molecule has 0 aliphatic carbocycles. The minimum absolute atomic E-state index is 0.0748. The van der Waals surface area contributed by atoms with Crippen LogP contribution in [-0.2, 0) is 4.79 Å². The lowest BCUT2D eigenvalue weighted by atomic mass is 10.1. The highest BCUT2D eigenvalue weighted by Crippen LogP contribution is 2.37. The fourth-order valence-electron chi connectivity index (χ4n) is 3.57. The Kier molecular flexibility index (Phi) is 12.2. The van der Waals surface area contributed by atoms with Crippen molar-refractivity contribution in [2.75, 3.05) is 13.2 Å². The van der Waals surface area contributed by atoms with Gasteiger partial charge in [-0.05, 0) is 31.4 Å². The predicted octanol–water partition coefficient (Wildman–Crippen LogP) is 6.97. The van der Waals surface area contributed by atoms with Crippen LogP contribution in [0.15, 0.2) is 39.6 Å². The number of hydrogen-bond donors (Lipinski definition) is 0. The summed E-state index contributed by atoms with van der Waals surface area (Å²) in [5.41, 5.74) is -0.433. The van der Waals surface area contributed by atoms with Crippen LogP contribution in [-0.4, -0.2) is 19.2 Å². The van der Waals surface area contributed by atoms with Crippen molar-refractivity contribution in [2.24, 2.45) is 0 Å². The van der Waals surface area contributed by atoms with Crippen molar-refractivity contribution >= 4 is 16.9 Å². The molecule has 0 aliphatic heterocycles. The molecule has 0 spiro atoms. The first-order valence-electron chi connectivity index (χ1n) is 12.3. The second-order valence-corrected chi connectivity index (χ2v) is 8.11. The molecular formula is C27H38O6. The maximum Gasteiger partial charge on any atom is 0.383 e. The number of ether oxygens (including phenoxy) is 3. The van der Waals surface area contributed by atoms with E-state index < -0.39 is 11.6 Å². The molecule has 0 fully saturated rings. The molecule has 1 aromatic carbocycles. The van der Waals surface area contributed by atoms with Gasteiger partial charge in [0.05, 0.1) is 18.6 Å². The molecule has 1 aromatic heterocycles. The zero-order chi connectivity index (χ0) is 23.9. The summed E-state index contributed by atoms with van der Waals surface area (Å²) in [6.45, 7) is 6.36. The number of carbonyl (C=O) groups is 1. The van der Waals surface area contributed by atoms with Gasteiger partial charge in [0.25, 0.3) is 0 Å². The topological polar surface area (TPSA) is 75.0 Å². The quantitative estimate of drug-likeness (QED) is 0.117. The minimum Gasteiger partial charge on any atom is -0.490 e. The van der Waals surface area contributed by atoms with Crippen LogP contribution in [0.4, 0.5) is 0 Å². The van der Waals surface area contributed by atoms with Crippen LogP contribution in [0.25, 0.3) is 11.0 Å². The van der Waals surface area contributed by atoms with Gasteiger partial charge in [-0.15, -0.1) is 0 Å². The van der Waals surface area contributed by atoms with Gasteiger partial charge in [-0.1, -0.05) is 77.0 Å². The Morgan fingerprint density at radius 2 is 1.64 bits per heavy atom. The highest BCUT2D eigenvalue weighted by molar-refractivity contribution is 5.91. The van der Waals surface area contributed by atoms with Crippen LogP contribution < -0.4 is 19.8 Å². The summed E-state index contributed by atoms with van der Waals surface area (Å²) >= 11 is 0. The average Bonchev–Trinajstić information content (AvgIpc) is 2.79. The van der Waals surface area contributed by atoms with E-state index in [2.05, 4.69) is 6.92 Å². The smallest absolute Gasteiger partial charge is 0.383 e. The van der Waals surface area contributed by atoms with Crippen molar-refractivity contribution in [1.29, 1.82) is 0 Å². The SMILES string of the molecule is CCC=CCCOc1c(OC(C)=O)c2cccc(OCCCCCCCCCC)c2oc1=O. The predicted molar refractivity (Wildman–Crippen MR) is 131 cm³/mol. The lowest BCUT2D eigenvalue weighted by Crippen LogP contribution is -2.13. The van der Waals surface area contributed by atoms with Gasteiger partial charge in [-0.2, -0.15) is 0 Å². The van der Waals surface area contributed by atoms with Crippen LogP contribution >= 0.6 is 0 Å². The number of unbranched alkanes of at least 4 members (excludes halogenated alkanes) is 7. The van der Waals surface area contributed by atoms with Crippen molar-refractivity contribution in [1.82, 2.24) is 0 Å². The standard InChI is InChI=1S/C27H38O6/c1-4-6-8-10-11-12-13-15-19-30-23-18-16-17-22-24(23)33-27(29)26(25(22)32-21(3)28)31-20-14-9-7-5-2/h7,9,16-18H,4-6,8,10-15,19-20H2,1-3H3. The van der Waals surface area contributed by atoms with E-state index in [-0.39, 0.29) is 23.7 Å². The van der Waals surface area contributed by atoms with E-state index in [0.29, 0.717) is 24.2 Å². The molecule has 0 unspecified atom stereocenters. The largest absolute Gasteiger partial charge is 0.490 e. The Morgan fingerprint density at radius 3 is 2.33 bits per heavy atom. The molecule has 0 atom stereocenters. The van der Waals surface area contributed by atoms with Crippen molar-refractivity contribution in [3.63, 3.8) is 0 Å². The van der Waals surface area contributed by atoms with Crippen molar-refractivity contribution < 1.29 is 23.4 Å². The molecule has 0 amide bonds. The van der Waals surface area contributed by atoms with E-state index >= 15 is 0 Å². The Balaban J connectivity index is 2.08. The van der Waals surface area contributed by atoms with Gasteiger partial charge in [0.2, 0.25) is 5.75 Å². The van der Waals surface area contributed by atoms with Gasteiger partial charge in [0.1, 0.15) is 0 Å². The maximum atomic E-state index is 12.7. The molecule has 2 aromatic rings. The van der Waals surface area contributed by atoms with Crippen molar-refractivity contribution in [2.45, 2.75) is 85.0 Å². The van der Waals surface area contributed by atoms with Gasteiger partial charge in [-0.25, -0.2) is 4.79 Å². The normalized spacial score (nSPS) is 11.2. The monoisotopic (exact) mass is 458 g/mol. The Labute approximate surface area is 196 Å². The molecule has 6 heteroatoms. The van der Waals surface area contributed by atoms with E-state index in [1.807, 2.05) is 19.1 Å². The molecule has 6 nitrogen and oxygen atoms in total. The summed E-state index contributed by atoms with van der Waals surface area (Å²) in [4.78, 5) is 24.4. The molecule has 0 saturated carbocycles. The first-order valence-corrected chi connectivity index (χ1v) is 12.3. The summed E-state index contributed by atoms with van der Waals surface area (Å²) in [5.74, 6) is -0.102. The molecule has 33 heavy (non-hydrogen) atoms. The van der Waals surface area contributed by atoms with Gasteiger partial charge < -0.3 is 18.6 Å². The van der Waals surface area contributed by atoms with Crippen LogP contribution in [0.3, 0.4) is 0 Å². The van der Waals surface area contributed by atoms with E-state index in [1.54, 1.807) is 18.2 Å². The summed E-state index contributed by atoms with van der Waals surface area (Å²) in [6, 6.07) is 5.26. The van der Waals surface area contributed by atoms with E-state index in [4.69, 9.17) is 18.6 Å². The Hall–Kier alpha value is -2.76. The first-order chi connectivity index (χ1) is 16.1. The van der Waals surface area contributed by atoms with E-state index in [1.165, 1.54) is 45.4 Å². The summed E-state index contributed by atoms with van der Waals surface area (Å²) < 4.78 is 22.5. The number of benzene rings is 1. The minimum atomic E-state index is -0.693. The second kappa shape index (κ2) is 15.1. The molecule has 2 rings (SSSR count). The fourth-order valence-corrected chi connectivity index (χ4v) is 3.57. The van der Waals surface area contributed by atoms with Crippen LogP contribution in [0, 0.1) is 0 Å². The molecular weight excluding hydrogens is 420 g/mol. The highest BCUT2D eigenvalue weighted by atomic mass is 16.6. The number of hydrogen-bond acceptors (Lipinski definition) is 6. The molecule has 0 aliphatic rings. The van der Waals surface area contributed by atoms with Gasteiger partial charge in [0, 0.05) is 6.92 Å². The van der Waals surface area contributed by atoms with Crippen molar-refractivity contribution in [3.8, 4) is 17.2 Å². The maximum absolute atomic E-state index is 12.7. The van der Waals surface area contributed by atoms with Crippen LogP contribution in [0.1, 0.15) is 85.0 Å². The number of rotatable bonds is 16. The first kappa shape index (κ1) is 26.5. The zero-order valence-electron chi connectivity index (χ0n) is 20.3. The Morgan fingerprint density at radius 1 is 0.909 bits per heavy atom. The van der Waals surface area contributed by atoms with Gasteiger partial charge in [0.15, 0.2) is 17.1 Å². The molecule has 0 N–H and O–H groups in total. The Bertz CT molecular complexity index is 944. The lowest BCUT2D eigenvalue weighted by Gasteiger charge is -2.13. The highest BCUT2D eigenvalue weighted by Gasteiger charge is 2.21. The summed E-state index contributed by atoms with van der Waals surface area (Å²) in [5, 5.41) is 0.470. The number of carbonyl (C=O) groups excluding carboxylic acids is 1.